The molecule has 0 saturated carbocycles. The molecule has 4 rings (SSSR count). The van der Waals surface area contributed by atoms with Crippen LogP contribution in [0.25, 0.3) is 0 Å². The molecule has 2 aliphatic rings. The topological polar surface area (TPSA) is 118 Å². The molecular formula is C23H23Br2N3O8. The van der Waals surface area contributed by atoms with Gasteiger partial charge in [0.05, 0.1) is 49.5 Å². The summed E-state index contributed by atoms with van der Waals surface area (Å²) in [5.41, 5.74) is 3.97. The number of ether oxygens (including phenoxy) is 6. The van der Waals surface area contributed by atoms with Gasteiger partial charge >= 0.3 is 0 Å². The predicted octanol–water partition coefficient (Wildman–Crippen LogP) is 4.19. The summed E-state index contributed by atoms with van der Waals surface area (Å²) in [5, 5.41) is 8.07. The Bertz CT molecular complexity index is 1230. The number of fused-ring (bicyclic) bond motifs is 1. The first kappa shape index (κ1) is 25.9. The van der Waals surface area contributed by atoms with Crippen molar-refractivity contribution >= 4 is 49.7 Å². The number of oxime groups is 1. The average Bonchev–Trinajstić information content (AvgIpc) is 3.51. The lowest BCUT2D eigenvalue weighted by molar-refractivity contribution is -0.115. The van der Waals surface area contributed by atoms with Crippen molar-refractivity contribution in [3.8, 4) is 34.5 Å². The van der Waals surface area contributed by atoms with E-state index < -0.39 is 17.9 Å². The molecule has 0 spiro atoms. The maximum Gasteiger partial charge on any atom is 0.289 e. The van der Waals surface area contributed by atoms with E-state index in [0.717, 1.165) is 0 Å². The fraction of sp³-hybridized carbons (Fsp3) is 0.348. The second-order valence-corrected chi connectivity index (χ2v) is 9.17. The molecule has 2 aromatic rings. The molecule has 192 valence electrons. The molecule has 0 saturated heterocycles. The number of nitrogens with one attached hydrogen (secondary N) is 1. The fourth-order valence-corrected chi connectivity index (χ4v) is 5.61. The van der Waals surface area contributed by atoms with Gasteiger partial charge in [-0.2, -0.15) is 5.10 Å². The summed E-state index contributed by atoms with van der Waals surface area (Å²) in [4.78, 5) is 18.5. The van der Waals surface area contributed by atoms with Crippen LogP contribution in [0.1, 0.15) is 24.2 Å². The van der Waals surface area contributed by atoms with Gasteiger partial charge in [0.1, 0.15) is 0 Å². The lowest BCUT2D eigenvalue weighted by Crippen LogP contribution is -2.31. The zero-order valence-corrected chi connectivity index (χ0v) is 23.2. The van der Waals surface area contributed by atoms with Crippen molar-refractivity contribution in [2.45, 2.75) is 13.0 Å². The SMILES string of the molecule is COc1cc(/C=N\NC(=O)C2=NO[C@@H](c3c(Br)c(OC)c4c(c3Br)OCO4)[C@@H]2C)cc(OC)c1OC. The standard InChI is InChI=1S/C23H23Br2N3O8/c1-10-17(23(29)27-26-8-11-6-12(30-2)19(32-4)13(7-11)31-3)28-36-18(10)14-15(24)20(33-5)22-21(16(14)25)34-9-35-22/h6-8,10,18H,9H2,1-5H3,(H,27,29)/b26-8-/t10-,18-/m1/s1. The number of halogens is 2. The molecule has 2 aromatic carbocycles. The first-order chi connectivity index (χ1) is 17.4. The van der Waals surface area contributed by atoms with Crippen LogP contribution < -0.4 is 33.8 Å². The molecule has 13 heteroatoms. The number of hydrazone groups is 1. The summed E-state index contributed by atoms with van der Waals surface area (Å²) < 4.78 is 33.8. The molecule has 0 aromatic heterocycles. The van der Waals surface area contributed by atoms with Gasteiger partial charge in [-0.3, -0.25) is 4.79 Å². The van der Waals surface area contributed by atoms with Gasteiger partial charge in [-0.05, 0) is 44.0 Å². The van der Waals surface area contributed by atoms with Crippen LogP contribution in [0.2, 0.25) is 0 Å². The summed E-state index contributed by atoms with van der Waals surface area (Å²) >= 11 is 7.13. The maximum atomic E-state index is 12.9. The van der Waals surface area contributed by atoms with E-state index in [1.54, 1.807) is 12.1 Å². The van der Waals surface area contributed by atoms with Crippen molar-refractivity contribution in [1.82, 2.24) is 5.43 Å². The Morgan fingerprint density at radius 1 is 1.03 bits per heavy atom. The van der Waals surface area contributed by atoms with E-state index in [-0.39, 0.29) is 12.5 Å². The van der Waals surface area contributed by atoms with E-state index in [1.807, 2.05) is 6.92 Å². The van der Waals surface area contributed by atoms with E-state index in [1.165, 1.54) is 34.7 Å². The predicted molar refractivity (Wildman–Crippen MR) is 137 cm³/mol. The summed E-state index contributed by atoms with van der Waals surface area (Å²) in [6.07, 6.45) is 0.855. The largest absolute Gasteiger partial charge is 0.493 e. The van der Waals surface area contributed by atoms with Crippen LogP contribution in [0.5, 0.6) is 34.5 Å². The van der Waals surface area contributed by atoms with Crippen molar-refractivity contribution in [3.05, 3.63) is 32.2 Å². The Kier molecular flexibility index (Phi) is 7.79. The quantitative estimate of drug-likeness (QED) is 0.342. The van der Waals surface area contributed by atoms with Gasteiger partial charge in [0.25, 0.3) is 5.91 Å². The molecule has 2 atom stereocenters. The van der Waals surface area contributed by atoms with Crippen LogP contribution in [-0.4, -0.2) is 53.1 Å². The Morgan fingerprint density at radius 3 is 2.28 bits per heavy atom. The van der Waals surface area contributed by atoms with E-state index >= 15 is 0 Å². The molecule has 0 unspecified atom stereocenters. The number of hydrogen-bond donors (Lipinski definition) is 1. The molecule has 0 radical (unpaired) electrons. The summed E-state index contributed by atoms with van der Waals surface area (Å²) in [6.45, 7) is 1.89. The van der Waals surface area contributed by atoms with Gasteiger partial charge in [-0.15, -0.1) is 0 Å². The Labute approximate surface area is 223 Å². The third-order valence-electron chi connectivity index (χ3n) is 5.63. The van der Waals surface area contributed by atoms with Crippen molar-refractivity contribution in [2.75, 3.05) is 35.2 Å². The highest BCUT2D eigenvalue weighted by molar-refractivity contribution is 9.11. The zero-order valence-electron chi connectivity index (χ0n) is 20.0. The Hall–Kier alpha value is -3.19. The van der Waals surface area contributed by atoms with Crippen LogP contribution in [-0.2, 0) is 9.63 Å². The molecule has 0 aliphatic carbocycles. The number of rotatable bonds is 8. The maximum absolute atomic E-state index is 12.9. The van der Waals surface area contributed by atoms with Crippen molar-refractivity contribution in [3.63, 3.8) is 0 Å². The lowest BCUT2D eigenvalue weighted by atomic mass is 9.93. The van der Waals surface area contributed by atoms with Crippen molar-refractivity contribution in [2.24, 2.45) is 16.2 Å². The lowest BCUT2D eigenvalue weighted by Gasteiger charge is -2.20. The van der Waals surface area contributed by atoms with Gasteiger partial charge in [0, 0.05) is 11.1 Å². The van der Waals surface area contributed by atoms with E-state index in [0.29, 0.717) is 54.6 Å². The highest BCUT2D eigenvalue weighted by Crippen LogP contribution is 2.55. The molecule has 36 heavy (non-hydrogen) atoms. The Balaban J connectivity index is 1.51. The minimum Gasteiger partial charge on any atom is -0.493 e. The molecular weight excluding hydrogens is 606 g/mol. The van der Waals surface area contributed by atoms with E-state index in [2.05, 4.69) is 47.5 Å². The van der Waals surface area contributed by atoms with E-state index in [9.17, 15) is 4.79 Å². The van der Waals surface area contributed by atoms with Crippen LogP contribution >= 0.6 is 31.9 Å². The van der Waals surface area contributed by atoms with Crippen LogP contribution in [0.15, 0.2) is 31.3 Å². The molecule has 1 N–H and O–H groups in total. The highest BCUT2D eigenvalue weighted by atomic mass is 79.9. The molecule has 0 fully saturated rings. The molecule has 0 bridgehead atoms. The second-order valence-electron chi connectivity index (χ2n) is 7.59. The van der Waals surface area contributed by atoms with Gasteiger partial charge in [-0.25, -0.2) is 5.43 Å². The highest BCUT2D eigenvalue weighted by Gasteiger charge is 2.41. The number of carbonyl (C=O) groups is 1. The van der Waals surface area contributed by atoms with Gasteiger partial charge in [0.15, 0.2) is 34.8 Å². The monoisotopic (exact) mass is 627 g/mol. The first-order valence-electron chi connectivity index (χ1n) is 10.6. The first-order valence-corrected chi connectivity index (χ1v) is 12.2. The number of amides is 1. The van der Waals surface area contributed by atoms with E-state index in [4.69, 9.17) is 33.3 Å². The number of carbonyl (C=O) groups excluding carboxylic acids is 1. The smallest absolute Gasteiger partial charge is 0.289 e. The molecule has 11 nitrogen and oxygen atoms in total. The summed E-state index contributed by atoms with van der Waals surface area (Å²) in [6, 6.07) is 3.40. The van der Waals surface area contributed by atoms with Crippen LogP contribution in [0, 0.1) is 5.92 Å². The van der Waals surface area contributed by atoms with Crippen LogP contribution in [0.4, 0.5) is 0 Å². The summed E-state index contributed by atoms with van der Waals surface area (Å²) in [7, 11) is 6.08. The third-order valence-corrected chi connectivity index (χ3v) is 7.20. The number of benzene rings is 2. The van der Waals surface area contributed by atoms with Gasteiger partial charge in [-0.1, -0.05) is 12.1 Å². The number of hydrogen-bond acceptors (Lipinski definition) is 10. The number of nitrogens with zero attached hydrogens (tertiary/aromatic N) is 2. The molecule has 2 heterocycles. The average molecular weight is 629 g/mol. The summed E-state index contributed by atoms with van der Waals surface area (Å²) in [5.74, 6) is 1.89. The minimum absolute atomic E-state index is 0.0648. The third kappa shape index (κ3) is 4.52. The Morgan fingerprint density at radius 2 is 1.67 bits per heavy atom. The number of methoxy groups -OCH3 is 4. The van der Waals surface area contributed by atoms with Crippen molar-refractivity contribution in [1.29, 1.82) is 0 Å². The van der Waals surface area contributed by atoms with Gasteiger partial charge in [0.2, 0.25) is 18.3 Å². The van der Waals surface area contributed by atoms with Gasteiger partial charge < -0.3 is 33.3 Å². The fourth-order valence-electron chi connectivity index (χ4n) is 3.86. The minimum atomic E-state index is -0.600. The zero-order chi connectivity index (χ0) is 26.0. The second kappa shape index (κ2) is 10.8. The molecule has 1 amide bonds. The normalized spacial score (nSPS) is 18.0. The molecule has 2 aliphatic heterocycles. The van der Waals surface area contributed by atoms with Crippen LogP contribution in [0.3, 0.4) is 0 Å². The van der Waals surface area contributed by atoms with Crippen molar-refractivity contribution < 1.29 is 38.1 Å².